The molecule has 4 rings (SSSR count). The van der Waals surface area contributed by atoms with Gasteiger partial charge in [-0.1, -0.05) is 29.8 Å². The predicted molar refractivity (Wildman–Crippen MR) is 129 cm³/mol. The summed E-state index contributed by atoms with van der Waals surface area (Å²) >= 11 is 6.35. The number of nitrogens with zero attached hydrogens (tertiary/aromatic N) is 3. The third-order valence-corrected chi connectivity index (χ3v) is 5.62. The average Bonchev–Trinajstić information content (AvgIpc) is 3.26. The smallest absolute Gasteiger partial charge is 0.266 e. The summed E-state index contributed by atoms with van der Waals surface area (Å²) in [5, 5.41) is 12.8. The van der Waals surface area contributed by atoms with Gasteiger partial charge < -0.3 is 20.9 Å². The zero-order chi connectivity index (χ0) is 24.2. The molecule has 4 N–H and O–H groups in total. The Labute approximate surface area is 200 Å². The Bertz CT molecular complexity index is 1310. The molecule has 0 spiro atoms. The summed E-state index contributed by atoms with van der Waals surface area (Å²) in [7, 11) is 1.84. The summed E-state index contributed by atoms with van der Waals surface area (Å²) in [6, 6.07) is 9.56. The van der Waals surface area contributed by atoms with Crippen LogP contribution in [0.4, 0.5) is 10.1 Å². The third kappa shape index (κ3) is 4.73. The molecular weight excluding hydrogens is 461 g/mol. The van der Waals surface area contributed by atoms with Crippen molar-refractivity contribution >= 4 is 23.5 Å². The molecule has 0 unspecified atom stereocenters. The second kappa shape index (κ2) is 9.94. The van der Waals surface area contributed by atoms with Crippen LogP contribution in [0.15, 0.2) is 65.5 Å². The molecule has 0 saturated carbocycles. The highest BCUT2D eigenvalue weighted by molar-refractivity contribution is 6.32. The third-order valence-electron chi connectivity index (χ3n) is 5.32. The number of nitrogens with one attached hydrogen (secondary N) is 4. The van der Waals surface area contributed by atoms with Gasteiger partial charge in [-0.05, 0) is 19.1 Å². The number of likely N-dealkylation sites (N-methyl/N-ethyl adjacent to an activating group) is 1. The Morgan fingerprint density at radius 3 is 2.85 bits per heavy atom. The SMILES string of the molecule is C[C@H](Oc1cc(-n2ccc(NCc3ccccc3F)c(C=N)c2=O)c(Cl)cn1)C1=CNNN1C. The first kappa shape index (κ1) is 23.3. The summed E-state index contributed by atoms with van der Waals surface area (Å²) in [6.07, 6.45) is 5.33. The minimum absolute atomic E-state index is 0.109. The fourth-order valence-corrected chi connectivity index (χ4v) is 3.72. The van der Waals surface area contributed by atoms with E-state index < -0.39 is 5.56 Å². The van der Waals surface area contributed by atoms with Crippen molar-refractivity contribution in [3.8, 4) is 11.6 Å². The van der Waals surface area contributed by atoms with Gasteiger partial charge in [0.05, 0.1) is 33.9 Å². The van der Waals surface area contributed by atoms with Crippen LogP contribution in [0.5, 0.6) is 5.88 Å². The molecule has 1 atom stereocenters. The second-order valence-corrected chi connectivity index (χ2v) is 7.93. The summed E-state index contributed by atoms with van der Waals surface area (Å²) < 4.78 is 21.2. The van der Waals surface area contributed by atoms with E-state index in [1.165, 1.54) is 23.0 Å². The topological polar surface area (TPSA) is 107 Å². The highest BCUT2D eigenvalue weighted by atomic mass is 35.5. The maximum atomic E-state index is 13.9. The maximum Gasteiger partial charge on any atom is 0.266 e. The largest absolute Gasteiger partial charge is 0.468 e. The van der Waals surface area contributed by atoms with Crippen LogP contribution in [0.3, 0.4) is 0 Å². The highest BCUT2D eigenvalue weighted by Crippen LogP contribution is 2.25. The first-order valence-electron chi connectivity index (χ1n) is 10.4. The van der Waals surface area contributed by atoms with Gasteiger partial charge in [-0.15, -0.1) is 5.53 Å². The van der Waals surface area contributed by atoms with Crippen molar-refractivity contribution < 1.29 is 9.13 Å². The molecule has 3 heterocycles. The fourth-order valence-electron chi connectivity index (χ4n) is 3.52. The number of rotatable bonds is 8. The number of benzene rings is 1. The molecule has 1 aliphatic rings. The lowest BCUT2D eigenvalue weighted by Gasteiger charge is -2.21. The van der Waals surface area contributed by atoms with Crippen molar-refractivity contribution in [1.29, 1.82) is 5.41 Å². The van der Waals surface area contributed by atoms with Crippen LogP contribution in [-0.4, -0.2) is 33.9 Å². The molecule has 9 nitrogen and oxygen atoms in total. The number of hydrazine groups is 2. The molecule has 2 aromatic heterocycles. The Kier molecular flexibility index (Phi) is 6.80. The molecule has 0 radical (unpaired) electrons. The first-order chi connectivity index (χ1) is 16.4. The Morgan fingerprint density at radius 1 is 1.35 bits per heavy atom. The second-order valence-electron chi connectivity index (χ2n) is 7.53. The number of anilines is 1. The lowest BCUT2D eigenvalue weighted by atomic mass is 10.2. The normalized spacial score (nSPS) is 13.8. The minimum atomic E-state index is -0.465. The van der Waals surface area contributed by atoms with Gasteiger partial charge in [0.15, 0.2) is 0 Å². The van der Waals surface area contributed by atoms with E-state index in [-0.39, 0.29) is 34.9 Å². The summed E-state index contributed by atoms with van der Waals surface area (Å²) in [4.78, 5) is 17.4. The molecular formula is C23H23ClFN7O2. The van der Waals surface area contributed by atoms with Gasteiger partial charge in [-0.2, -0.15) is 0 Å². The average molecular weight is 484 g/mol. The van der Waals surface area contributed by atoms with Crippen molar-refractivity contribution in [1.82, 2.24) is 25.5 Å². The zero-order valence-electron chi connectivity index (χ0n) is 18.5. The highest BCUT2D eigenvalue weighted by Gasteiger charge is 2.20. The molecule has 3 aromatic rings. The number of hydrogen-bond acceptors (Lipinski definition) is 8. The standard InChI is InChI=1S/C23H23ClFN7O2/c1-14(21-13-29-30-31(21)2)34-22-9-20(17(24)12-28-22)32-8-7-19(16(10-26)23(32)33)27-11-15-5-3-4-6-18(15)25/h3-10,12-14,26-27,29-30H,11H2,1-2H3/t14-/m0/s1. The Morgan fingerprint density at radius 2 is 2.15 bits per heavy atom. The van der Waals surface area contributed by atoms with Crippen LogP contribution in [0.25, 0.3) is 5.69 Å². The number of pyridine rings is 2. The lowest BCUT2D eigenvalue weighted by molar-refractivity contribution is 0.188. The number of hydrogen-bond donors (Lipinski definition) is 4. The van der Waals surface area contributed by atoms with E-state index in [9.17, 15) is 9.18 Å². The van der Waals surface area contributed by atoms with Crippen molar-refractivity contribution in [3.63, 3.8) is 0 Å². The van der Waals surface area contributed by atoms with Gasteiger partial charge in [0.1, 0.15) is 11.9 Å². The van der Waals surface area contributed by atoms with Crippen molar-refractivity contribution in [3.05, 3.63) is 93.0 Å². The van der Waals surface area contributed by atoms with Crippen molar-refractivity contribution in [2.45, 2.75) is 19.6 Å². The monoisotopic (exact) mass is 483 g/mol. The summed E-state index contributed by atoms with van der Waals surface area (Å²) in [5.41, 5.74) is 7.50. The molecule has 34 heavy (non-hydrogen) atoms. The molecule has 1 aliphatic heterocycles. The van der Waals surface area contributed by atoms with Crippen LogP contribution in [0.2, 0.25) is 5.02 Å². The molecule has 11 heteroatoms. The van der Waals surface area contributed by atoms with E-state index in [4.69, 9.17) is 21.7 Å². The molecule has 176 valence electrons. The van der Waals surface area contributed by atoms with Gasteiger partial charge in [-0.3, -0.25) is 14.4 Å². The molecule has 0 bridgehead atoms. The summed E-state index contributed by atoms with van der Waals surface area (Å²) in [6.45, 7) is 2.03. The number of ether oxygens (including phenoxy) is 1. The molecule has 0 fully saturated rings. The van der Waals surface area contributed by atoms with E-state index in [1.807, 2.05) is 14.0 Å². The van der Waals surface area contributed by atoms with Crippen LogP contribution in [-0.2, 0) is 6.54 Å². The molecule has 0 amide bonds. The molecule has 0 aliphatic carbocycles. The van der Waals surface area contributed by atoms with Gasteiger partial charge in [0.2, 0.25) is 5.88 Å². The van der Waals surface area contributed by atoms with E-state index >= 15 is 0 Å². The first-order valence-corrected chi connectivity index (χ1v) is 10.8. The van der Waals surface area contributed by atoms with E-state index in [0.29, 0.717) is 16.9 Å². The van der Waals surface area contributed by atoms with E-state index in [0.717, 1.165) is 11.9 Å². The maximum absolute atomic E-state index is 13.9. The van der Waals surface area contributed by atoms with E-state index in [1.54, 1.807) is 41.5 Å². The van der Waals surface area contributed by atoms with Crippen LogP contribution >= 0.6 is 11.6 Å². The van der Waals surface area contributed by atoms with Gasteiger partial charge in [-0.25, -0.2) is 9.37 Å². The Balaban J connectivity index is 1.61. The van der Waals surface area contributed by atoms with Crippen molar-refractivity contribution in [2.75, 3.05) is 12.4 Å². The van der Waals surface area contributed by atoms with Crippen LogP contribution in [0.1, 0.15) is 18.1 Å². The van der Waals surface area contributed by atoms with Gasteiger partial charge in [0.25, 0.3) is 5.56 Å². The predicted octanol–water partition coefficient (Wildman–Crippen LogP) is 3.20. The fraction of sp³-hybridized carbons (Fsp3) is 0.174. The molecule has 0 saturated heterocycles. The Hall–Kier alpha value is -3.89. The van der Waals surface area contributed by atoms with Crippen LogP contribution in [0, 0.1) is 11.2 Å². The number of halogens is 2. The van der Waals surface area contributed by atoms with Crippen LogP contribution < -0.4 is 26.6 Å². The van der Waals surface area contributed by atoms with Crippen molar-refractivity contribution in [2.24, 2.45) is 0 Å². The summed E-state index contributed by atoms with van der Waals surface area (Å²) in [5.74, 6) is -0.0747. The molecule has 1 aromatic carbocycles. The lowest BCUT2D eigenvalue weighted by Crippen LogP contribution is -2.37. The van der Waals surface area contributed by atoms with Gasteiger partial charge >= 0.3 is 0 Å². The number of aromatic nitrogens is 2. The quantitative estimate of drug-likeness (QED) is 0.364. The minimum Gasteiger partial charge on any atom is -0.468 e. The van der Waals surface area contributed by atoms with Gasteiger partial charge in [0, 0.05) is 43.8 Å². The zero-order valence-corrected chi connectivity index (χ0v) is 19.2. The van der Waals surface area contributed by atoms with E-state index in [2.05, 4.69) is 21.3 Å².